The molecule has 17 heavy (non-hydrogen) atoms. The highest BCUT2D eigenvalue weighted by Crippen LogP contribution is 2.25. The first-order valence-electron chi connectivity index (χ1n) is 6.16. The molecule has 1 fully saturated rings. The van der Waals surface area contributed by atoms with Gasteiger partial charge in [-0.1, -0.05) is 28.9 Å². The molecular formula is C14H18BrNO. The van der Waals surface area contributed by atoms with Crippen LogP contribution < -0.4 is 0 Å². The van der Waals surface area contributed by atoms with Gasteiger partial charge in [-0.2, -0.15) is 0 Å². The van der Waals surface area contributed by atoms with Crippen LogP contribution in [0.3, 0.4) is 0 Å². The number of benzene rings is 1. The molecule has 1 amide bonds. The molecule has 2 rings (SSSR count). The number of rotatable bonds is 1. The van der Waals surface area contributed by atoms with Crippen molar-refractivity contribution in [2.75, 3.05) is 6.54 Å². The van der Waals surface area contributed by atoms with Crippen molar-refractivity contribution in [3.05, 3.63) is 34.3 Å². The fourth-order valence-corrected chi connectivity index (χ4v) is 2.81. The van der Waals surface area contributed by atoms with E-state index in [0.29, 0.717) is 12.0 Å². The lowest BCUT2D eigenvalue weighted by Gasteiger charge is -2.38. The molecule has 0 bridgehead atoms. The van der Waals surface area contributed by atoms with Crippen molar-refractivity contribution >= 4 is 21.8 Å². The molecule has 2 unspecified atom stereocenters. The third kappa shape index (κ3) is 2.71. The van der Waals surface area contributed by atoms with Gasteiger partial charge in [-0.05, 0) is 43.9 Å². The summed E-state index contributed by atoms with van der Waals surface area (Å²) >= 11 is 3.41. The zero-order chi connectivity index (χ0) is 12.4. The van der Waals surface area contributed by atoms with E-state index in [9.17, 15) is 4.79 Å². The quantitative estimate of drug-likeness (QED) is 0.773. The number of amides is 1. The summed E-state index contributed by atoms with van der Waals surface area (Å²) in [6.45, 7) is 5.27. The maximum Gasteiger partial charge on any atom is 0.254 e. The monoisotopic (exact) mass is 295 g/mol. The van der Waals surface area contributed by atoms with Crippen LogP contribution in [0.4, 0.5) is 0 Å². The summed E-state index contributed by atoms with van der Waals surface area (Å²) < 4.78 is 0.959. The summed E-state index contributed by atoms with van der Waals surface area (Å²) in [6, 6.07) is 7.98. The highest BCUT2D eigenvalue weighted by atomic mass is 79.9. The minimum Gasteiger partial charge on any atom is -0.336 e. The third-order valence-corrected chi connectivity index (χ3v) is 4.20. The summed E-state index contributed by atoms with van der Waals surface area (Å²) in [7, 11) is 0. The van der Waals surface area contributed by atoms with Crippen molar-refractivity contribution in [1.29, 1.82) is 0 Å². The van der Waals surface area contributed by atoms with Crippen molar-refractivity contribution in [3.8, 4) is 0 Å². The molecule has 0 N–H and O–H groups in total. The molecule has 1 aromatic carbocycles. The molecule has 3 heteroatoms. The van der Waals surface area contributed by atoms with Crippen LogP contribution in [0.25, 0.3) is 0 Å². The summed E-state index contributed by atoms with van der Waals surface area (Å²) in [4.78, 5) is 14.4. The van der Waals surface area contributed by atoms with Gasteiger partial charge in [-0.25, -0.2) is 0 Å². The standard InChI is InChI=1S/C14H18BrNO/c1-10-5-4-8-16(11(10)2)14(17)12-6-3-7-13(15)9-12/h3,6-7,9-11H,4-5,8H2,1-2H3. The molecule has 0 saturated carbocycles. The van der Waals surface area contributed by atoms with E-state index >= 15 is 0 Å². The first-order valence-corrected chi connectivity index (χ1v) is 6.95. The Kier molecular flexibility index (Phi) is 3.87. The number of hydrogen-bond acceptors (Lipinski definition) is 1. The Balaban J connectivity index is 2.19. The maximum atomic E-state index is 12.4. The van der Waals surface area contributed by atoms with Crippen molar-refractivity contribution in [3.63, 3.8) is 0 Å². The molecule has 0 spiro atoms. The summed E-state index contributed by atoms with van der Waals surface area (Å²) in [5.74, 6) is 0.755. The lowest BCUT2D eigenvalue weighted by Crippen LogP contribution is -2.46. The van der Waals surface area contributed by atoms with Crippen LogP contribution in [-0.2, 0) is 0 Å². The number of carbonyl (C=O) groups excluding carboxylic acids is 1. The average molecular weight is 296 g/mol. The second-order valence-electron chi connectivity index (χ2n) is 4.87. The molecule has 1 aromatic rings. The number of carbonyl (C=O) groups is 1. The molecule has 1 saturated heterocycles. The predicted molar refractivity (Wildman–Crippen MR) is 73.0 cm³/mol. The van der Waals surface area contributed by atoms with E-state index in [1.54, 1.807) is 0 Å². The number of nitrogens with zero attached hydrogens (tertiary/aromatic N) is 1. The van der Waals surface area contributed by atoms with Crippen molar-refractivity contribution in [2.24, 2.45) is 5.92 Å². The molecule has 0 aliphatic carbocycles. The topological polar surface area (TPSA) is 20.3 Å². The summed E-state index contributed by atoms with van der Waals surface area (Å²) in [5.41, 5.74) is 0.778. The van der Waals surface area contributed by atoms with Crippen LogP contribution in [0.2, 0.25) is 0 Å². The highest BCUT2D eigenvalue weighted by molar-refractivity contribution is 9.10. The SMILES string of the molecule is CC1CCCN(C(=O)c2cccc(Br)c2)C1C. The second kappa shape index (κ2) is 5.21. The van der Waals surface area contributed by atoms with Crippen LogP contribution >= 0.6 is 15.9 Å². The van der Waals surface area contributed by atoms with Crippen molar-refractivity contribution < 1.29 is 4.79 Å². The normalized spacial score (nSPS) is 24.8. The first kappa shape index (κ1) is 12.6. The number of piperidine rings is 1. The third-order valence-electron chi connectivity index (χ3n) is 3.71. The molecular weight excluding hydrogens is 278 g/mol. The van der Waals surface area contributed by atoms with Gasteiger partial charge >= 0.3 is 0 Å². The average Bonchev–Trinajstić information content (AvgIpc) is 2.32. The number of hydrogen-bond donors (Lipinski definition) is 0. The van der Waals surface area contributed by atoms with E-state index in [-0.39, 0.29) is 5.91 Å². The van der Waals surface area contributed by atoms with Gasteiger partial charge in [0.05, 0.1) is 0 Å². The molecule has 0 aromatic heterocycles. The van der Waals surface area contributed by atoms with E-state index in [4.69, 9.17) is 0 Å². The van der Waals surface area contributed by atoms with Gasteiger partial charge < -0.3 is 4.90 Å². The smallest absolute Gasteiger partial charge is 0.254 e. The molecule has 0 radical (unpaired) electrons. The lowest BCUT2D eigenvalue weighted by molar-refractivity contribution is 0.0551. The fraction of sp³-hybridized carbons (Fsp3) is 0.500. The molecule has 2 atom stereocenters. The Labute approximate surface area is 111 Å². The molecule has 2 nitrogen and oxygen atoms in total. The Morgan fingerprint density at radius 1 is 1.41 bits per heavy atom. The maximum absolute atomic E-state index is 12.4. The van der Waals surface area contributed by atoms with E-state index in [1.807, 2.05) is 29.2 Å². The van der Waals surface area contributed by atoms with E-state index in [1.165, 1.54) is 6.42 Å². The molecule has 1 aliphatic heterocycles. The molecule has 92 valence electrons. The van der Waals surface area contributed by atoms with E-state index in [0.717, 1.165) is 23.0 Å². The number of halogens is 1. The van der Waals surface area contributed by atoms with Gasteiger partial charge in [0.25, 0.3) is 5.91 Å². The van der Waals surface area contributed by atoms with Gasteiger partial charge in [0.2, 0.25) is 0 Å². The minimum atomic E-state index is 0.158. The van der Waals surface area contributed by atoms with E-state index < -0.39 is 0 Å². The summed E-state index contributed by atoms with van der Waals surface area (Å²) in [6.07, 6.45) is 2.34. The van der Waals surface area contributed by atoms with Crippen LogP contribution in [0.15, 0.2) is 28.7 Å². The fourth-order valence-electron chi connectivity index (χ4n) is 2.41. The Morgan fingerprint density at radius 2 is 2.18 bits per heavy atom. The minimum absolute atomic E-state index is 0.158. The zero-order valence-corrected chi connectivity index (χ0v) is 11.9. The first-order chi connectivity index (χ1) is 8.09. The van der Waals surface area contributed by atoms with Crippen LogP contribution in [-0.4, -0.2) is 23.4 Å². The van der Waals surface area contributed by atoms with Gasteiger partial charge in [0, 0.05) is 22.6 Å². The van der Waals surface area contributed by atoms with Gasteiger partial charge in [0.15, 0.2) is 0 Å². The largest absolute Gasteiger partial charge is 0.336 e. The summed E-state index contributed by atoms with van der Waals surface area (Å²) in [5, 5.41) is 0. The predicted octanol–water partition coefficient (Wildman–Crippen LogP) is 3.71. The Bertz CT molecular complexity index is 418. The zero-order valence-electron chi connectivity index (χ0n) is 10.3. The Morgan fingerprint density at radius 3 is 2.88 bits per heavy atom. The van der Waals surface area contributed by atoms with Crippen LogP contribution in [0.1, 0.15) is 37.0 Å². The van der Waals surface area contributed by atoms with Gasteiger partial charge in [-0.3, -0.25) is 4.79 Å². The van der Waals surface area contributed by atoms with Gasteiger partial charge in [0.1, 0.15) is 0 Å². The Hall–Kier alpha value is -0.830. The van der Waals surface area contributed by atoms with Crippen LogP contribution in [0.5, 0.6) is 0 Å². The van der Waals surface area contributed by atoms with Gasteiger partial charge in [-0.15, -0.1) is 0 Å². The molecule has 1 aliphatic rings. The molecule has 1 heterocycles. The highest BCUT2D eigenvalue weighted by Gasteiger charge is 2.28. The lowest BCUT2D eigenvalue weighted by atomic mass is 9.91. The van der Waals surface area contributed by atoms with Crippen LogP contribution in [0, 0.1) is 5.92 Å². The van der Waals surface area contributed by atoms with Crippen molar-refractivity contribution in [1.82, 2.24) is 4.90 Å². The number of likely N-dealkylation sites (tertiary alicyclic amines) is 1. The van der Waals surface area contributed by atoms with Crippen molar-refractivity contribution in [2.45, 2.75) is 32.7 Å². The van der Waals surface area contributed by atoms with E-state index in [2.05, 4.69) is 29.8 Å². The second-order valence-corrected chi connectivity index (χ2v) is 5.78.